The van der Waals surface area contributed by atoms with Crippen molar-refractivity contribution in [1.82, 2.24) is 0 Å². The lowest BCUT2D eigenvalue weighted by Gasteiger charge is -2.32. The summed E-state index contributed by atoms with van der Waals surface area (Å²) < 4.78 is 0. The smallest absolute Gasteiger partial charge is 0.0273 e. The molecule has 1 aliphatic carbocycles. The lowest BCUT2D eigenvalue weighted by Crippen LogP contribution is -2.26. The van der Waals surface area contributed by atoms with Crippen LogP contribution in [0.25, 0.3) is 0 Å². The summed E-state index contributed by atoms with van der Waals surface area (Å²) in [4.78, 5) is 4.13. The lowest BCUT2D eigenvalue weighted by atomic mass is 9.72. The molecule has 0 aromatic carbocycles. The summed E-state index contributed by atoms with van der Waals surface area (Å²) in [6.07, 6.45) is 13.3. The normalized spacial score (nSPS) is 33.0. The molecule has 1 heteroatoms. The number of hydrogen-bond acceptors (Lipinski definition) is 1. The number of aliphatic imine (C=N–C) groups is 1. The van der Waals surface area contributed by atoms with E-state index >= 15 is 0 Å². The van der Waals surface area contributed by atoms with Crippen LogP contribution in [-0.4, -0.2) is 13.3 Å². The molecule has 0 saturated heterocycles. The topological polar surface area (TPSA) is 12.4 Å². The highest BCUT2D eigenvalue weighted by Gasteiger charge is 2.28. The fourth-order valence-corrected chi connectivity index (χ4v) is 1.96. The van der Waals surface area contributed by atoms with Gasteiger partial charge >= 0.3 is 0 Å². The van der Waals surface area contributed by atoms with Crippen molar-refractivity contribution in [1.29, 1.82) is 0 Å². The minimum absolute atomic E-state index is 0.281. The Morgan fingerprint density at radius 3 is 2.85 bits per heavy atom. The summed E-state index contributed by atoms with van der Waals surface area (Å²) in [6.45, 7) is 4.54. The van der Waals surface area contributed by atoms with Crippen LogP contribution in [0.5, 0.6) is 0 Å². The molecule has 72 valence electrons. The molecule has 1 aliphatic rings. The maximum atomic E-state index is 4.13. The summed E-state index contributed by atoms with van der Waals surface area (Å²) >= 11 is 0. The van der Waals surface area contributed by atoms with Gasteiger partial charge in [0, 0.05) is 19.2 Å². The third kappa shape index (κ3) is 2.30. The van der Waals surface area contributed by atoms with Gasteiger partial charge in [-0.05, 0) is 11.8 Å². The number of rotatable bonds is 3. The first-order chi connectivity index (χ1) is 6.23. The van der Waals surface area contributed by atoms with E-state index in [1.54, 1.807) is 0 Å². The minimum Gasteiger partial charge on any atom is -0.300 e. The largest absolute Gasteiger partial charge is 0.300 e. The molecule has 0 aromatic heterocycles. The first-order valence-corrected chi connectivity index (χ1v) is 5.01. The average Bonchev–Trinajstić information content (AvgIpc) is 2.10. The molecule has 0 aliphatic heterocycles. The van der Waals surface area contributed by atoms with Gasteiger partial charge in [0.05, 0.1) is 0 Å². The molecule has 0 amide bonds. The Balaban J connectivity index is 2.80. The van der Waals surface area contributed by atoms with Crippen molar-refractivity contribution in [3.05, 3.63) is 24.3 Å². The first-order valence-electron chi connectivity index (χ1n) is 5.01. The maximum absolute atomic E-state index is 4.13. The fraction of sp³-hybridized carbons (Fsp3) is 0.583. The van der Waals surface area contributed by atoms with E-state index in [4.69, 9.17) is 0 Å². The number of nitrogens with zero attached hydrogens (tertiary/aromatic N) is 1. The van der Waals surface area contributed by atoms with Gasteiger partial charge in [-0.1, -0.05) is 44.6 Å². The standard InChI is InChI=1S/C12H19N/c1-4-8-12(2)9-6-5-7-11(12)10-13-3/h5-7,9-11H,4,8H2,1-3H3/t11?,12-/m0/s1. The second kappa shape index (κ2) is 4.40. The highest BCUT2D eigenvalue weighted by atomic mass is 14.6. The lowest BCUT2D eigenvalue weighted by molar-refractivity contribution is 0.342. The maximum Gasteiger partial charge on any atom is 0.0273 e. The zero-order valence-corrected chi connectivity index (χ0v) is 8.83. The SMILES string of the molecule is CCC[C@@]1(C)C=CC=CC1C=NC. The fourth-order valence-electron chi connectivity index (χ4n) is 1.96. The van der Waals surface area contributed by atoms with E-state index < -0.39 is 0 Å². The Morgan fingerprint density at radius 1 is 1.46 bits per heavy atom. The van der Waals surface area contributed by atoms with Gasteiger partial charge in [0.1, 0.15) is 0 Å². The molecule has 0 bridgehead atoms. The Bertz CT molecular complexity index is 238. The average molecular weight is 177 g/mol. The summed E-state index contributed by atoms with van der Waals surface area (Å²) in [7, 11) is 1.85. The summed E-state index contributed by atoms with van der Waals surface area (Å²) in [5.74, 6) is 0.474. The molecule has 0 spiro atoms. The molecule has 0 aromatic rings. The van der Waals surface area contributed by atoms with Gasteiger partial charge in [0.15, 0.2) is 0 Å². The van der Waals surface area contributed by atoms with Crippen molar-refractivity contribution < 1.29 is 0 Å². The predicted octanol–water partition coefficient (Wildman–Crippen LogP) is 3.24. The van der Waals surface area contributed by atoms with Crippen molar-refractivity contribution in [2.24, 2.45) is 16.3 Å². The highest BCUT2D eigenvalue weighted by molar-refractivity contribution is 5.65. The van der Waals surface area contributed by atoms with E-state index in [2.05, 4.69) is 49.4 Å². The van der Waals surface area contributed by atoms with Crippen molar-refractivity contribution >= 4 is 6.21 Å². The van der Waals surface area contributed by atoms with E-state index in [1.165, 1.54) is 12.8 Å². The van der Waals surface area contributed by atoms with E-state index in [9.17, 15) is 0 Å². The van der Waals surface area contributed by atoms with Crippen LogP contribution in [0.15, 0.2) is 29.3 Å². The molecular weight excluding hydrogens is 158 g/mol. The van der Waals surface area contributed by atoms with Crippen LogP contribution in [0.2, 0.25) is 0 Å². The Kier molecular flexibility index (Phi) is 3.47. The zero-order chi connectivity index (χ0) is 9.73. The van der Waals surface area contributed by atoms with Crippen LogP contribution in [0.3, 0.4) is 0 Å². The summed E-state index contributed by atoms with van der Waals surface area (Å²) in [5.41, 5.74) is 0.281. The van der Waals surface area contributed by atoms with E-state index in [0.29, 0.717) is 5.92 Å². The second-order valence-electron chi connectivity index (χ2n) is 3.93. The molecule has 13 heavy (non-hydrogen) atoms. The number of allylic oxidation sites excluding steroid dienone is 4. The van der Waals surface area contributed by atoms with Crippen molar-refractivity contribution in [3.63, 3.8) is 0 Å². The Hall–Kier alpha value is -0.850. The molecule has 1 rings (SSSR count). The quantitative estimate of drug-likeness (QED) is 0.587. The Labute approximate surface area is 81.3 Å². The zero-order valence-electron chi connectivity index (χ0n) is 8.83. The molecule has 1 nitrogen and oxygen atoms in total. The summed E-state index contributed by atoms with van der Waals surface area (Å²) in [5, 5.41) is 0. The monoisotopic (exact) mass is 177 g/mol. The predicted molar refractivity (Wildman–Crippen MR) is 59.2 cm³/mol. The Morgan fingerprint density at radius 2 is 2.23 bits per heavy atom. The molecule has 0 saturated carbocycles. The minimum atomic E-state index is 0.281. The van der Waals surface area contributed by atoms with E-state index in [-0.39, 0.29) is 5.41 Å². The van der Waals surface area contributed by atoms with Gasteiger partial charge in [0.25, 0.3) is 0 Å². The number of hydrogen-bond donors (Lipinski definition) is 0. The molecule has 0 fully saturated rings. The van der Waals surface area contributed by atoms with Crippen molar-refractivity contribution in [2.75, 3.05) is 7.05 Å². The molecule has 0 heterocycles. The van der Waals surface area contributed by atoms with Gasteiger partial charge in [0.2, 0.25) is 0 Å². The van der Waals surface area contributed by atoms with E-state index in [1.807, 2.05) is 7.05 Å². The van der Waals surface area contributed by atoms with Crippen LogP contribution >= 0.6 is 0 Å². The van der Waals surface area contributed by atoms with Crippen LogP contribution in [0.1, 0.15) is 26.7 Å². The third-order valence-electron chi connectivity index (χ3n) is 2.77. The van der Waals surface area contributed by atoms with E-state index in [0.717, 1.165) is 0 Å². The molecule has 0 N–H and O–H groups in total. The summed E-state index contributed by atoms with van der Waals surface area (Å²) in [6, 6.07) is 0. The molecule has 2 atom stereocenters. The van der Waals surface area contributed by atoms with Crippen LogP contribution in [0, 0.1) is 11.3 Å². The van der Waals surface area contributed by atoms with Gasteiger partial charge in [-0.3, -0.25) is 0 Å². The van der Waals surface area contributed by atoms with Crippen LogP contribution in [-0.2, 0) is 0 Å². The molecule has 1 unspecified atom stereocenters. The van der Waals surface area contributed by atoms with Crippen LogP contribution < -0.4 is 0 Å². The molecular formula is C12H19N. The first kappa shape index (κ1) is 10.2. The van der Waals surface area contributed by atoms with Gasteiger partial charge in [-0.2, -0.15) is 0 Å². The van der Waals surface area contributed by atoms with Crippen molar-refractivity contribution in [2.45, 2.75) is 26.7 Å². The van der Waals surface area contributed by atoms with Crippen molar-refractivity contribution in [3.8, 4) is 0 Å². The molecule has 0 radical (unpaired) electrons. The van der Waals surface area contributed by atoms with Gasteiger partial charge in [-0.25, -0.2) is 0 Å². The van der Waals surface area contributed by atoms with Gasteiger partial charge < -0.3 is 4.99 Å². The van der Waals surface area contributed by atoms with Crippen LogP contribution in [0.4, 0.5) is 0 Å². The van der Waals surface area contributed by atoms with Gasteiger partial charge in [-0.15, -0.1) is 0 Å². The third-order valence-corrected chi connectivity index (χ3v) is 2.77. The highest BCUT2D eigenvalue weighted by Crippen LogP contribution is 2.36. The second-order valence-corrected chi connectivity index (χ2v) is 3.93.